The van der Waals surface area contributed by atoms with Crippen LogP contribution in [0.1, 0.15) is 11.1 Å². The lowest BCUT2D eigenvalue weighted by Crippen LogP contribution is -1.85. The summed E-state index contributed by atoms with van der Waals surface area (Å²) in [6.07, 6.45) is 0. The van der Waals surface area contributed by atoms with Crippen LogP contribution in [0.2, 0.25) is 5.02 Å². The van der Waals surface area contributed by atoms with E-state index < -0.39 is 0 Å². The van der Waals surface area contributed by atoms with Crippen molar-refractivity contribution in [3.8, 4) is 22.3 Å². The molecule has 0 saturated heterocycles. The SMILES string of the molecule is Cc1ccc(-c2cccc(-c3ccc(C)cc3)c2Cl)cc1. The van der Waals surface area contributed by atoms with E-state index in [1.54, 1.807) is 0 Å². The lowest BCUT2D eigenvalue weighted by atomic mass is 9.98. The molecule has 0 heterocycles. The Morgan fingerprint density at radius 3 is 1.33 bits per heavy atom. The molecular weight excluding hydrogens is 276 g/mol. The van der Waals surface area contributed by atoms with E-state index in [0.29, 0.717) is 0 Å². The lowest BCUT2D eigenvalue weighted by molar-refractivity contribution is 1.46. The largest absolute Gasteiger partial charge is 0.0830 e. The maximum atomic E-state index is 6.66. The lowest BCUT2D eigenvalue weighted by Gasteiger charge is -2.11. The molecule has 0 aliphatic carbocycles. The van der Waals surface area contributed by atoms with E-state index in [9.17, 15) is 0 Å². The summed E-state index contributed by atoms with van der Waals surface area (Å²) in [7, 11) is 0. The smallest absolute Gasteiger partial charge is 0.0562 e. The molecule has 0 saturated carbocycles. The first-order valence-corrected chi connectivity index (χ1v) is 7.45. The number of halogens is 1. The fourth-order valence-corrected chi connectivity index (χ4v) is 2.79. The molecule has 3 rings (SSSR count). The summed E-state index contributed by atoms with van der Waals surface area (Å²) in [5, 5.41) is 0.810. The van der Waals surface area contributed by atoms with Crippen LogP contribution in [0, 0.1) is 13.8 Å². The monoisotopic (exact) mass is 292 g/mol. The van der Waals surface area contributed by atoms with E-state index in [4.69, 9.17) is 11.6 Å². The summed E-state index contributed by atoms with van der Waals surface area (Å²) in [5.74, 6) is 0. The van der Waals surface area contributed by atoms with Gasteiger partial charge in [0.15, 0.2) is 0 Å². The molecule has 0 atom stereocenters. The molecule has 21 heavy (non-hydrogen) atoms. The van der Waals surface area contributed by atoms with Crippen LogP contribution >= 0.6 is 11.6 Å². The van der Waals surface area contributed by atoms with E-state index in [1.165, 1.54) is 11.1 Å². The Kier molecular flexibility index (Phi) is 3.81. The number of hydrogen-bond acceptors (Lipinski definition) is 0. The van der Waals surface area contributed by atoms with Gasteiger partial charge in [0.1, 0.15) is 0 Å². The Balaban J connectivity index is 2.10. The second-order valence-electron chi connectivity index (χ2n) is 5.40. The molecule has 3 aromatic rings. The van der Waals surface area contributed by atoms with E-state index in [1.807, 2.05) is 0 Å². The number of benzene rings is 3. The molecule has 0 radical (unpaired) electrons. The molecule has 104 valence electrons. The van der Waals surface area contributed by atoms with Gasteiger partial charge in [-0.3, -0.25) is 0 Å². The van der Waals surface area contributed by atoms with Crippen LogP contribution in [0.25, 0.3) is 22.3 Å². The third kappa shape index (κ3) is 2.86. The fraction of sp³-hybridized carbons (Fsp3) is 0.100. The number of aryl methyl sites for hydroxylation is 2. The van der Waals surface area contributed by atoms with Gasteiger partial charge in [-0.15, -0.1) is 0 Å². The average Bonchev–Trinajstić information content (AvgIpc) is 2.50. The molecule has 0 aliphatic heterocycles. The zero-order valence-electron chi connectivity index (χ0n) is 12.2. The van der Waals surface area contributed by atoms with Gasteiger partial charge >= 0.3 is 0 Å². The Morgan fingerprint density at radius 1 is 0.571 bits per heavy atom. The van der Waals surface area contributed by atoms with Crippen LogP contribution in [-0.2, 0) is 0 Å². The predicted octanol–water partition coefficient (Wildman–Crippen LogP) is 6.29. The van der Waals surface area contributed by atoms with Crippen LogP contribution in [0.15, 0.2) is 66.7 Å². The number of hydrogen-bond donors (Lipinski definition) is 0. The summed E-state index contributed by atoms with van der Waals surface area (Å²) in [5.41, 5.74) is 6.97. The first-order chi connectivity index (χ1) is 10.1. The fourth-order valence-electron chi connectivity index (χ4n) is 2.44. The molecule has 0 unspecified atom stereocenters. The van der Waals surface area contributed by atoms with Crippen LogP contribution in [-0.4, -0.2) is 0 Å². The minimum atomic E-state index is 0.810. The Bertz CT molecular complexity index is 689. The maximum absolute atomic E-state index is 6.66. The quantitative estimate of drug-likeness (QED) is 0.520. The second-order valence-corrected chi connectivity index (χ2v) is 5.78. The molecule has 1 heteroatoms. The Morgan fingerprint density at radius 2 is 0.952 bits per heavy atom. The molecule has 0 N–H and O–H groups in total. The molecule has 3 aromatic carbocycles. The minimum Gasteiger partial charge on any atom is -0.0830 e. The first kappa shape index (κ1) is 13.9. The highest BCUT2D eigenvalue weighted by Gasteiger charge is 2.09. The van der Waals surface area contributed by atoms with E-state index >= 15 is 0 Å². The van der Waals surface area contributed by atoms with Crippen molar-refractivity contribution in [1.82, 2.24) is 0 Å². The minimum absolute atomic E-state index is 0.810. The van der Waals surface area contributed by atoms with Gasteiger partial charge in [-0.1, -0.05) is 89.5 Å². The highest BCUT2D eigenvalue weighted by Crippen LogP contribution is 2.36. The summed E-state index contributed by atoms with van der Waals surface area (Å²) >= 11 is 6.66. The van der Waals surface area contributed by atoms with Gasteiger partial charge in [0.25, 0.3) is 0 Å². The topological polar surface area (TPSA) is 0 Å². The van der Waals surface area contributed by atoms with Crippen molar-refractivity contribution in [3.63, 3.8) is 0 Å². The molecule has 0 spiro atoms. The summed E-state index contributed by atoms with van der Waals surface area (Å²) in [4.78, 5) is 0. The molecule has 0 nitrogen and oxygen atoms in total. The molecule has 0 bridgehead atoms. The van der Waals surface area contributed by atoms with Gasteiger partial charge in [0.05, 0.1) is 5.02 Å². The van der Waals surface area contributed by atoms with Crippen molar-refractivity contribution in [2.45, 2.75) is 13.8 Å². The molecule has 0 amide bonds. The van der Waals surface area contributed by atoms with Crippen molar-refractivity contribution < 1.29 is 0 Å². The predicted molar refractivity (Wildman–Crippen MR) is 91.8 cm³/mol. The Labute approximate surface area is 131 Å². The zero-order valence-corrected chi connectivity index (χ0v) is 13.0. The zero-order chi connectivity index (χ0) is 14.8. The molecule has 0 aromatic heterocycles. The number of rotatable bonds is 2. The van der Waals surface area contributed by atoms with Gasteiger partial charge in [-0.05, 0) is 25.0 Å². The van der Waals surface area contributed by atoms with Crippen molar-refractivity contribution in [2.24, 2.45) is 0 Å². The normalized spacial score (nSPS) is 10.6. The van der Waals surface area contributed by atoms with Crippen molar-refractivity contribution >= 4 is 11.6 Å². The second kappa shape index (κ2) is 5.75. The van der Waals surface area contributed by atoms with Gasteiger partial charge in [-0.25, -0.2) is 0 Å². The van der Waals surface area contributed by atoms with Crippen molar-refractivity contribution in [1.29, 1.82) is 0 Å². The van der Waals surface area contributed by atoms with Gasteiger partial charge < -0.3 is 0 Å². The first-order valence-electron chi connectivity index (χ1n) is 7.08. The van der Waals surface area contributed by atoms with Crippen molar-refractivity contribution in [2.75, 3.05) is 0 Å². The summed E-state index contributed by atoms with van der Waals surface area (Å²) < 4.78 is 0. The van der Waals surface area contributed by atoms with Gasteiger partial charge in [0, 0.05) is 11.1 Å². The molecule has 0 aliphatic rings. The highest BCUT2D eigenvalue weighted by atomic mass is 35.5. The van der Waals surface area contributed by atoms with Crippen LogP contribution in [0.4, 0.5) is 0 Å². The molecular formula is C20H17Cl. The Hall–Kier alpha value is -2.05. The third-order valence-corrected chi connectivity index (χ3v) is 4.13. The van der Waals surface area contributed by atoms with E-state index in [2.05, 4.69) is 80.6 Å². The maximum Gasteiger partial charge on any atom is 0.0562 e. The van der Waals surface area contributed by atoms with Gasteiger partial charge in [-0.2, -0.15) is 0 Å². The van der Waals surface area contributed by atoms with Crippen LogP contribution in [0.5, 0.6) is 0 Å². The van der Waals surface area contributed by atoms with Crippen LogP contribution in [0.3, 0.4) is 0 Å². The van der Waals surface area contributed by atoms with Gasteiger partial charge in [0.2, 0.25) is 0 Å². The highest BCUT2D eigenvalue weighted by molar-refractivity contribution is 6.36. The average molecular weight is 293 g/mol. The molecule has 0 fully saturated rings. The van der Waals surface area contributed by atoms with Crippen LogP contribution < -0.4 is 0 Å². The summed E-state index contributed by atoms with van der Waals surface area (Å²) in [6, 6.07) is 23.2. The third-order valence-electron chi connectivity index (χ3n) is 3.72. The van der Waals surface area contributed by atoms with Crippen molar-refractivity contribution in [3.05, 3.63) is 82.9 Å². The van der Waals surface area contributed by atoms with E-state index in [-0.39, 0.29) is 0 Å². The summed E-state index contributed by atoms with van der Waals surface area (Å²) in [6.45, 7) is 4.18. The standard InChI is InChI=1S/C20H17Cl/c1-14-6-10-16(11-7-14)18-4-3-5-19(20(18)21)17-12-8-15(2)9-13-17/h3-13H,1-2H3. The van der Waals surface area contributed by atoms with E-state index in [0.717, 1.165) is 27.3 Å².